The molecule has 10 heteroatoms. The van der Waals surface area contributed by atoms with Crippen LogP contribution in [0.15, 0.2) is 53.3 Å². The first-order valence-electron chi connectivity index (χ1n) is 10.4. The van der Waals surface area contributed by atoms with E-state index in [1.807, 2.05) is 0 Å². The molecule has 3 heterocycles. The molecule has 1 amide bonds. The number of amides is 1. The van der Waals surface area contributed by atoms with E-state index in [9.17, 15) is 13.6 Å². The molecule has 0 bridgehead atoms. The smallest absolute Gasteiger partial charge is 0.263 e. The Hall–Kier alpha value is -3.59. The monoisotopic (exact) mass is 469 g/mol. The van der Waals surface area contributed by atoms with Crippen molar-refractivity contribution in [3.63, 3.8) is 0 Å². The zero-order valence-corrected chi connectivity index (χ0v) is 18.0. The van der Waals surface area contributed by atoms with Gasteiger partial charge < -0.3 is 14.7 Å². The lowest BCUT2D eigenvalue weighted by atomic mass is 9.95. The summed E-state index contributed by atoms with van der Waals surface area (Å²) in [7, 11) is 0. The summed E-state index contributed by atoms with van der Waals surface area (Å²) in [5.74, 6) is -0.533. The second kappa shape index (κ2) is 8.74. The van der Waals surface area contributed by atoms with E-state index in [1.165, 1.54) is 30.6 Å². The van der Waals surface area contributed by atoms with Crippen LogP contribution in [-0.4, -0.2) is 34.1 Å². The van der Waals surface area contributed by atoms with Crippen LogP contribution in [0, 0.1) is 17.6 Å². The van der Waals surface area contributed by atoms with Crippen LogP contribution in [0.25, 0.3) is 22.4 Å². The van der Waals surface area contributed by atoms with E-state index in [2.05, 4.69) is 25.3 Å². The molecule has 168 valence electrons. The maximum atomic E-state index is 13.4. The van der Waals surface area contributed by atoms with E-state index >= 15 is 0 Å². The highest BCUT2D eigenvalue weighted by Crippen LogP contribution is 2.35. The van der Waals surface area contributed by atoms with Crippen molar-refractivity contribution < 1.29 is 18.1 Å². The van der Waals surface area contributed by atoms with Crippen molar-refractivity contribution >= 4 is 40.1 Å². The van der Waals surface area contributed by atoms with Crippen molar-refractivity contribution in [2.24, 2.45) is 5.92 Å². The zero-order chi connectivity index (χ0) is 22.9. The highest BCUT2D eigenvalue weighted by molar-refractivity contribution is 6.33. The molecule has 1 fully saturated rings. The van der Waals surface area contributed by atoms with Crippen LogP contribution in [0.5, 0.6) is 0 Å². The van der Waals surface area contributed by atoms with Gasteiger partial charge in [0, 0.05) is 24.6 Å². The summed E-state index contributed by atoms with van der Waals surface area (Å²) in [5.41, 5.74) is 1.95. The lowest BCUT2D eigenvalue weighted by molar-refractivity contribution is -0.120. The van der Waals surface area contributed by atoms with Crippen LogP contribution in [0.3, 0.4) is 0 Å². The molecule has 2 aromatic carbocycles. The molecule has 2 aromatic heterocycles. The third-order valence-corrected chi connectivity index (χ3v) is 6.04. The number of benzene rings is 2. The van der Waals surface area contributed by atoms with Gasteiger partial charge >= 0.3 is 0 Å². The number of aromatic nitrogens is 3. The molecule has 0 spiro atoms. The molecule has 0 aliphatic carbocycles. The summed E-state index contributed by atoms with van der Waals surface area (Å²) in [6.45, 7) is 1.16. The Morgan fingerprint density at radius 3 is 2.52 bits per heavy atom. The van der Waals surface area contributed by atoms with Crippen LogP contribution in [0.4, 0.5) is 20.3 Å². The second-order valence-corrected chi connectivity index (χ2v) is 8.20. The van der Waals surface area contributed by atoms with Gasteiger partial charge in [0.25, 0.3) is 5.71 Å². The molecule has 1 N–H and O–H groups in total. The van der Waals surface area contributed by atoms with E-state index in [4.69, 9.17) is 16.1 Å². The van der Waals surface area contributed by atoms with Gasteiger partial charge in [-0.1, -0.05) is 16.8 Å². The number of hydrogen-bond donors (Lipinski definition) is 1. The van der Waals surface area contributed by atoms with Gasteiger partial charge in [0.1, 0.15) is 34.9 Å². The minimum Gasteiger partial charge on any atom is -0.356 e. The minimum atomic E-state index is -0.462. The normalized spacial score (nSPS) is 14.6. The van der Waals surface area contributed by atoms with Gasteiger partial charge in [-0.25, -0.2) is 13.8 Å². The van der Waals surface area contributed by atoms with Gasteiger partial charge in [-0.15, -0.1) is 0 Å². The summed E-state index contributed by atoms with van der Waals surface area (Å²) in [6.07, 6.45) is 2.59. The average Bonchev–Trinajstić information content (AvgIpc) is 3.26. The lowest BCUT2D eigenvalue weighted by Crippen LogP contribution is -2.38. The summed E-state index contributed by atoms with van der Waals surface area (Å²) < 4.78 is 32.0. The number of piperidine rings is 1. The third-order valence-electron chi connectivity index (χ3n) is 5.72. The van der Waals surface area contributed by atoms with Crippen LogP contribution in [0.2, 0.25) is 5.02 Å². The van der Waals surface area contributed by atoms with Crippen LogP contribution < -0.4 is 10.2 Å². The Morgan fingerprint density at radius 1 is 1.06 bits per heavy atom. The molecule has 0 atom stereocenters. The fourth-order valence-electron chi connectivity index (χ4n) is 4.00. The number of halogens is 3. The lowest BCUT2D eigenvalue weighted by Gasteiger charge is -2.32. The molecule has 33 heavy (non-hydrogen) atoms. The number of fused-ring (bicyclic) bond motifs is 1. The third kappa shape index (κ3) is 4.23. The fraction of sp³-hybridized carbons (Fsp3) is 0.217. The molecule has 0 radical (unpaired) electrons. The van der Waals surface area contributed by atoms with E-state index in [0.717, 1.165) is 6.07 Å². The molecule has 4 aromatic rings. The molecule has 1 saturated heterocycles. The number of nitrogens with zero attached hydrogens (tertiary/aromatic N) is 4. The molecule has 0 saturated carbocycles. The first-order valence-corrected chi connectivity index (χ1v) is 10.7. The van der Waals surface area contributed by atoms with Crippen molar-refractivity contribution in [1.29, 1.82) is 0 Å². The maximum absolute atomic E-state index is 13.4. The number of rotatable bonds is 4. The van der Waals surface area contributed by atoms with Crippen molar-refractivity contribution in [3.8, 4) is 11.3 Å². The summed E-state index contributed by atoms with van der Waals surface area (Å²) in [6, 6.07) is 9.83. The van der Waals surface area contributed by atoms with Crippen molar-refractivity contribution in [1.82, 2.24) is 15.1 Å². The quantitative estimate of drug-likeness (QED) is 0.449. The van der Waals surface area contributed by atoms with E-state index in [0.29, 0.717) is 59.8 Å². The van der Waals surface area contributed by atoms with E-state index < -0.39 is 5.82 Å². The largest absolute Gasteiger partial charge is 0.356 e. The number of carbonyl (C=O) groups is 1. The summed E-state index contributed by atoms with van der Waals surface area (Å²) in [4.78, 5) is 23.4. The molecule has 5 rings (SSSR count). The Kier molecular flexibility index (Phi) is 5.63. The van der Waals surface area contributed by atoms with Gasteiger partial charge in [-0.2, -0.15) is 4.98 Å². The van der Waals surface area contributed by atoms with Crippen molar-refractivity contribution in [2.75, 3.05) is 23.3 Å². The number of carbonyl (C=O) groups excluding carboxylic acids is 1. The minimum absolute atomic E-state index is 0.157. The van der Waals surface area contributed by atoms with Crippen LogP contribution in [0.1, 0.15) is 12.8 Å². The molecule has 1 aliphatic heterocycles. The van der Waals surface area contributed by atoms with Gasteiger partial charge in [0.2, 0.25) is 5.91 Å². The van der Waals surface area contributed by atoms with E-state index in [1.54, 1.807) is 12.1 Å². The highest BCUT2D eigenvalue weighted by Gasteiger charge is 2.28. The van der Waals surface area contributed by atoms with Crippen LogP contribution >= 0.6 is 11.6 Å². The average molecular weight is 470 g/mol. The Bertz CT molecular complexity index is 1320. The molecule has 1 aliphatic rings. The molecular formula is C23H18ClF2N5O2. The molecule has 0 unspecified atom stereocenters. The zero-order valence-electron chi connectivity index (χ0n) is 17.3. The fourth-order valence-corrected chi connectivity index (χ4v) is 4.21. The number of nitrogens with one attached hydrogen (secondary N) is 1. The van der Waals surface area contributed by atoms with Crippen LogP contribution in [-0.2, 0) is 4.79 Å². The Morgan fingerprint density at radius 2 is 1.79 bits per heavy atom. The summed E-state index contributed by atoms with van der Waals surface area (Å²) in [5, 5.41) is 7.71. The topological polar surface area (TPSA) is 84.2 Å². The maximum Gasteiger partial charge on any atom is 0.263 e. The molecule has 7 nitrogen and oxygen atoms in total. The first kappa shape index (κ1) is 21.3. The Balaban J connectivity index is 1.34. The van der Waals surface area contributed by atoms with Crippen molar-refractivity contribution in [2.45, 2.75) is 12.8 Å². The van der Waals surface area contributed by atoms with Gasteiger partial charge in [0.15, 0.2) is 0 Å². The number of anilines is 2. The second-order valence-electron chi connectivity index (χ2n) is 7.79. The van der Waals surface area contributed by atoms with Gasteiger partial charge in [-0.05, 0) is 55.3 Å². The SMILES string of the molecule is O=C(Nc1ccc(F)cc1Cl)C1CCN(c2ncnc3onc(-c4ccc(F)cc4)c23)CC1. The number of hydrogen-bond acceptors (Lipinski definition) is 6. The predicted octanol–water partition coefficient (Wildman–Crippen LogP) is 5.07. The Labute approximate surface area is 192 Å². The standard InChI is InChI=1S/C23H18ClF2N5O2/c24-17-11-16(26)5-6-18(17)29-22(32)14-7-9-31(10-8-14)21-19-20(13-1-3-15(25)4-2-13)30-33-23(19)28-12-27-21/h1-6,11-12,14H,7-10H2,(H,29,32). The van der Waals surface area contributed by atoms with Crippen molar-refractivity contribution in [3.05, 3.63) is 65.4 Å². The van der Waals surface area contributed by atoms with Gasteiger partial charge in [0.05, 0.1) is 10.7 Å². The van der Waals surface area contributed by atoms with Gasteiger partial charge in [-0.3, -0.25) is 4.79 Å². The predicted molar refractivity (Wildman–Crippen MR) is 120 cm³/mol. The van der Waals surface area contributed by atoms with E-state index in [-0.39, 0.29) is 22.7 Å². The summed E-state index contributed by atoms with van der Waals surface area (Å²) >= 11 is 6.02. The first-order chi connectivity index (χ1) is 16.0. The highest BCUT2D eigenvalue weighted by atomic mass is 35.5. The molecular weight excluding hydrogens is 452 g/mol.